The zero-order valence-electron chi connectivity index (χ0n) is 16.6. The van der Waals surface area contributed by atoms with Crippen LogP contribution in [-0.4, -0.2) is 80.6 Å². The lowest BCUT2D eigenvalue weighted by molar-refractivity contribution is -0.384. The third-order valence-corrected chi connectivity index (χ3v) is 3.80. The van der Waals surface area contributed by atoms with Crippen LogP contribution in [0.3, 0.4) is 0 Å². The Bertz CT molecular complexity index is 775. The lowest BCUT2D eigenvalue weighted by Gasteiger charge is -2.13. The molecule has 0 aliphatic carbocycles. The van der Waals surface area contributed by atoms with E-state index < -0.39 is 11.1 Å². The van der Waals surface area contributed by atoms with Crippen LogP contribution in [0.5, 0.6) is 5.75 Å². The fraction of sp³-hybridized carbons (Fsp3) is 0.421. The van der Waals surface area contributed by atoms with Gasteiger partial charge in [0, 0.05) is 24.3 Å². The van der Waals surface area contributed by atoms with Crippen molar-refractivity contribution in [3.63, 3.8) is 0 Å². The highest BCUT2D eigenvalue weighted by molar-refractivity contribution is 6.12. The van der Waals surface area contributed by atoms with Gasteiger partial charge < -0.3 is 23.7 Å². The SMILES string of the molecule is O=C(OCCOCCOCCOCCN1C(=O)C=CC1=O)Oc1ccc([N+](=O)[O-])cc1. The van der Waals surface area contributed by atoms with Crippen molar-refractivity contribution in [2.24, 2.45) is 0 Å². The van der Waals surface area contributed by atoms with E-state index in [2.05, 4.69) is 0 Å². The zero-order valence-corrected chi connectivity index (χ0v) is 16.6. The Morgan fingerprint density at radius 3 is 1.90 bits per heavy atom. The third-order valence-electron chi connectivity index (χ3n) is 3.80. The van der Waals surface area contributed by atoms with Gasteiger partial charge in [0.05, 0.1) is 51.1 Å². The average molecular weight is 438 g/mol. The predicted molar refractivity (Wildman–Crippen MR) is 103 cm³/mol. The number of amides is 2. The fourth-order valence-corrected chi connectivity index (χ4v) is 2.29. The number of imide groups is 1. The largest absolute Gasteiger partial charge is 0.513 e. The normalized spacial score (nSPS) is 13.0. The second kappa shape index (κ2) is 13.1. The van der Waals surface area contributed by atoms with Crippen LogP contribution < -0.4 is 4.74 Å². The molecule has 0 fully saturated rings. The highest BCUT2D eigenvalue weighted by Gasteiger charge is 2.22. The highest BCUT2D eigenvalue weighted by atomic mass is 16.7. The molecule has 0 spiro atoms. The Labute approximate surface area is 177 Å². The maximum absolute atomic E-state index is 11.5. The predicted octanol–water partition coefficient (Wildman–Crippen LogP) is 1.09. The van der Waals surface area contributed by atoms with E-state index in [1.165, 1.54) is 36.4 Å². The first-order valence-electron chi connectivity index (χ1n) is 9.33. The summed E-state index contributed by atoms with van der Waals surface area (Å²) < 4.78 is 25.5. The Morgan fingerprint density at radius 1 is 0.839 bits per heavy atom. The van der Waals surface area contributed by atoms with Gasteiger partial charge in [0.2, 0.25) is 0 Å². The summed E-state index contributed by atoms with van der Waals surface area (Å²) in [5.74, 6) is -0.557. The van der Waals surface area contributed by atoms with Crippen molar-refractivity contribution < 1.29 is 43.0 Å². The maximum Gasteiger partial charge on any atom is 0.513 e. The molecule has 12 heteroatoms. The van der Waals surface area contributed by atoms with E-state index in [1.807, 2.05) is 0 Å². The first-order chi connectivity index (χ1) is 15.0. The summed E-state index contributed by atoms with van der Waals surface area (Å²) in [6, 6.07) is 5.01. The number of carbonyl (C=O) groups excluding carboxylic acids is 3. The fourth-order valence-electron chi connectivity index (χ4n) is 2.29. The minimum atomic E-state index is -0.945. The molecule has 12 nitrogen and oxygen atoms in total. The van der Waals surface area contributed by atoms with Gasteiger partial charge in [-0.2, -0.15) is 0 Å². The molecule has 0 aromatic heterocycles. The number of ether oxygens (including phenoxy) is 5. The van der Waals surface area contributed by atoms with E-state index in [0.29, 0.717) is 19.8 Å². The van der Waals surface area contributed by atoms with Gasteiger partial charge in [-0.05, 0) is 12.1 Å². The molecule has 0 bridgehead atoms. The third kappa shape index (κ3) is 8.90. The second-order valence-corrected chi connectivity index (χ2v) is 5.95. The molecule has 1 aromatic carbocycles. The minimum Gasteiger partial charge on any atom is -0.432 e. The molecule has 0 radical (unpaired) electrons. The molecule has 1 aliphatic heterocycles. The lowest BCUT2D eigenvalue weighted by Crippen LogP contribution is -2.33. The van der Waals surface area contributed by atoms with E-state index in [-0.39, 0.29) is 56.2 Å². The Kier molecular flexibility index (Phi) is 10.1. The average Bonchev–Trinajstić information content (AvgIpc) is 3.06. The summed E-state index contributed by atoms with van der Waals surface area (Å²) in [6.45, 7) is 1.75. The summed E-state index contributed by atoms with van der Waals surface area (Å²) in [5.41, 5.74) is -0.115. The first kappa shape index (κ1) is 23.9. The number of nitro groups is 1. The van der Waals surface area contributed by atoms with Gasteiger partial charge in [0.25, 0.3) is 17.5 Å². The monoisotopic (exact) mass is 438 g/mol. The molecular formula is C19H22N2O10. The number of nitrogens with zero attached hydrogens (tertiary/aromatic N) is 2. The van der Waals surface area contributed by atoms with E-state index in [9.17, 15) is 24.5 Å². The molecule has 0 unspecified atom stereocenters. The smallest absolute Gasteiger partial charge is 0.432 e. The molecule has 1 aromatic rings. The quantitative estimate of drug-likeness (QED) is 0.103. The molecule has 2 rings (SSSR count). The van der Waals surface area contributed by atoms with E-state index in [1.54, 1.807) is 0 Å². The summed E-state index contributed by atoms with van der Waals surface area (Å²) in [5, 5.41) is 10.5. The Hall–Kier alpha value is -3.35. The van der Waals surface area contributed by atoms with Crippen molar-refractivity contribution in [3.8, 4) is 5.75 Å². The number of non-ortho nitro benzene ring substituents is 1. The topological polar surface area (TPSA) is 144 Å². The molecule has 1 aliphatic rings. The first-order valence-corrected chi connectivity index (χ1v) is 9.33. The van der Waals surface area contributed by atoms with Crippen molar-refractivity contribution in [2.45, 2.75) is 0 Å². The molecule has 168 valence electrons. The van der Waals surface area contributed by atoms with Crippen LogP contribution in [0.15, 0.2) is 36.4 Å². The van der Waals surface area contributed by atoms with Gasteiger partial charge in [0.1, 0.15) is 12.4 Å². The van der Waals surface area contributed by atoms with Crippen LogP contribution in [0.2, 0.25) is 0 Å². The standard InChI is InChI=1S/C19H22N2O10/c22-17-5-6-18(23)20(17)7-8-27-9-10-28-11-12-29-13-14-30-19(24)31-16-3-1-15(2-4-16)21(25)26/h1-6H,7-14H2. The number of hydrogen-bond donors (Lipinski definition) is 0. The van der Waals surface area contributed by atoms with Gasteiger partial charge >= 0.3 is 6.16 Å². The van der Waals surface area contributed by atoms with E-state index >= 15 is 0 Å². The number of nitro benzene ring substituents is 1. The molecular weight excluding hydrogens is 416 g/mol. The van der Waals surface area contributed by atoms with Crippen LogP contribution in [-0.2, 0) is 28.5 Å². The molecule has 1 heterocycles. The summed E-state index contributed by atoms with van der Waals surface area (Å²) in [4.78, 5) is 45.2. The summed E-state index contributed by atoms with van der Waals surface area (Å²) in [6.07, 6.45) is 1.50. The van der Waals surface area contributed by atoms with Crippen LogP contribution in [0.4, 0.5) is 10.5 Å². The number of carbonyl (C=O) groups is 3. The molecule has 0 saturated carbocycles. The van der Waals surface area contributed by atoms with Crippen LogP contribution >= 0.6 is 0 Å². The van der Waals surface area contributed by atoms with Crippen LogP contribution in [0.1, 0.15) is 0 Å². The molecule has 0 N–H and O–H groups in total. The molecule has 0 atom stereocenters. The summed E-state index contributed by atoms with van der Waals surface area (Å²) >= 11 is 0. The minimum absolute atomic E-state index is 0.0300. The number of benzene rings is 1. The van der Waals surface area contributed by atoms with Gasteiger partial charge in [-0.1, -0.05) is 0 Å². The van der Waals surface area contributed by atoms with Gasteiger partial charge in [0.15, 0.2) is 0 Å². The van der Waals surface area contributed by atoms with Crippen molar-refractivity contribution in [2.75, 3.05) is 52.8 Å². The molecule has 0 saturated heterocycles. The molecule has 31 heavy (non-hydrogen) atoms. The number of hydrogen-bond acceptors (Lipinski definition) is 10. The Balaban J connectivity index is 1.38. The van der Waals surface area contributed by atoms with Crippen LogP contribution in [0.25, 0.3) is 0 Å². The van der Waals surface area contributed by atoms with Crippen LogP contribution in [0, 0.1) is 10.1 Å². The summed E-state index contributed by atoms with van der Waals surface area (Å²) in [7, 11) is 0. The van der Waals surface area contributed by atoms with Gasteiger partial charge in [-0.15, -0.1) is 0 Å². The van der Waals surface area contributed by atoms with E-state index in [0.717, 1.165) is 4.90 Å². The number of rotatable bonds is 14. The van der Waals surface area contributed by atoms with Gasteiger partial charge in [-0.3, -0.25) is 24.6 Å². The zero-order chi connectivity index (χ0) is 22.5. The molecule has 2 amide bonds. The van der Waals surface area contributed by atoms with Crippen molar-refractivity contribution in [1.82, 2.24) is 4.90 Å². The van der Waals surface area contributed by atoms with Gasteiger partial charge in [-0.25, -0.2) is 4.79 Å². The second-order valence-electron chi connectivity index (χ2n) is 5.95. The van der Waals surface area contributed by atoms with Crippen molar-refractivity contribution in [1.29, 1.82) is 0 Å². The van der Waals surface area contributed by atoms with E-state index in [4.69, 9.17) is 23.7 Å². The van der Waals surface area contributed by atoms with Crippen molar-refractivity contribution in [3.05, 3.63) is 46.5 Å². The maximum atomic E-state index is 11.5. The van der Waals surface area contributed by atoms with Crippen molar-refractivity contribution >= 4 is 23.7 Å². The highest BCUT2D eigenvalue weighted by Crippen LogP contribution is 2.17. The Morgan fingerprint density at radius 2 is 1.35 bits per heavy atom. The lowest BCUT2D eigenvalue weighted by atomic mass is 10.3.